The standard InChI is InChI=1S/C14H11NO3S/c16-12(17)9-19-14-11(7-4-8-15-14)13(18)10-5-2-1-3-6-10/h1-8H,9H2,(H,16,17). The molecule has 0 unspecified atom stereocenters. The number of aromatic nitrogens is 1. The van der Waals surface area contributed by atoms with Gasteiger partial charge in [-0.1, -0.05) is 42.1 Å². The van der Waals surface area contributed by atoms with Gasteiger partial charge in [0.2, 0.25) is 0 Å². The van der Waals surface area contributed by atoms with Gasteiger partial charge in [-0.05, 0) is 12.1 Å². The molecule has 96 valence electrons. The van der Waals surface area contributed by atoms with E-state index in [1.807, 2.05) is 6.07 Å². The van der Waals surface area contributed by atoms with Crippen LogP contribution in [0.4, 0.5) is 0 Å². The number of ketones is 1. The number of thioether (sulfide) groups is 1. The Bertz CT molecular complexity index is 599. The van der Waals surface area contributed by atoms with Crippen molar-refractivity contribution >= 4 is 23.5 Å². The van der Waals surface area contributed by atoms with E-state index < -0.39 is 5.97 Å². The van der Waals surface area contributed by atoms with Crippen LogP contribution in [0.25, 0.3) is 0 Å². The minimum absolute atomic E-state index is 0.119. The molecule has 1 aromatic heterocycles. The fourth-order valence-electron chi connectivity index (χ4n) is 1.55. The first-order valence-electron chi connectivity index (χ1n) is 5.58. The Morgan fingerprint density at radius 3 is 2.53 bits per heavy atom. The second kappa shape index (κ2) is 6.15. The number of hydrogen-bond acceptors (Lipinski definition) is 4. The van der Waals surface area contributed by atoms with Gasteiger partial charge in [-0.25, -0.2) is 4.98 Å². The number of carbonyl (C=O) groups excluding carboxylic acids is 1. The highest BCUT2D eigenvalue weighted by Crippen LogP contribution is 2.22. The van der Waals surface area contributed by atoms with Crippen molar-refractivity contribution in [2.75, 3.05) is 5.75 Å². The van der Waals surface area contributed by atoms with Crippen molar-refractivity contribution in [1.29, 1.82) is 0 Å². The van der Waals surface area contributed by atoms with E-state index in [-0.39, 0.29) is 11.5 Å². The van der Waals surface area contributed by atoms with E-state index in [9.17, 15) is 9.59 Å². The summed E-state index contributed by atoms with van der Waals surface area (Å²) >= 11 is 1.05. The first-order valence-corrected chi connectivity index (χ1v) is 6.56. The Labute approximate surface area is 114 Å². The topological polar surface area (TPSA) is 67.3 Å². The van der Waals surface area contributed by atoms with Gasteiger partial charge in [0.05, 0.1) is 11.3 Å². The number of pyridine rings is 1. The molecule has 0 aliphatic heterocycles. The summed E-state index contributed by atoms with van der Waals surface area (Å²) < 4.78 is 0. The van der Waals surface area contributed by atoms with E-state index in [4.69, 9.17) is 5.11 Å². The van der Waals surface area contributed by atoms with Crippen LogP contribution in [0, 0.1) is 0 Å². The fourth-order valence-corrected chi connectivity index (χ4v) is 2.27. The summed E-state index contributed by atoms with van der Waals surface area (Å²) in [6.07, 6.45) is 1.55. The lowest BCUT2D eigenvalue weighted by Gasteiger charge is -2.06. The molecule has 5 heteroatoms. The Balaban J connectivity index is 2.29. The van der Waals surface area contributed by atoms with Gasteiger partial charge < -0.3 is 5.11 Å². The molecule has 0 aliphatic rings. The molecule has 0 atom stereocenters. The van der Waals surface area contributed by atoms with Crippen LogP contribution in [-0.2, 0) is 4.79 Å². The summed E-state index contributed by atoms with van der Waals surface area (Å²) in [6, 6.07) is 12.2. The third kappa shape index (κ3) is 3.42. The predicted molar refractivity (Wildman–Crippen MR) is 72.5 cm³/mol. The van der Waals surface area contributed by atoms with Crippen LogP contribution in [0.5, 0.6) is 0 Å². The normalized spacial score (nSPS) is 10.1. The summed E-state index contributed by atoms with van der Waals surface area (Å²) in [5.74, 6) is -1.21. The molecule has 2 rings (SSSR count). The van der Waals surface area contributed by atoms with Crippen molar-refractivity contribution in [3.8, 4) is 0 Å². The number of aliphatic carboxylic acids is 1. The average molecular weight is 273 g/mol. The van der Waals surface area contributed by atoms with Crippen molar-refractivity contribution in [3.05, 3.63) is 59.8 Å². The van der Waals surface area contributed by atoms with Gasteiger partial charge in [0.1, 0.15) is 5.03 Å². The van der Waals surface area contributed by atoms with Crippen molar-refractivity contribution in [3.63, 3.8) is 0 Å². The molecule has 0 radical (unpaired) electrons. The van der Waals surface area contributed by atoms with Gasteiger partial charge >= 0.3 is 5.97 Å². The van der Waals surface area contributed by atoms with Gasteiger partial charge in [0, 0.05) is 11.8 Å². The number of nitrogens with zero attached hydrogens (tertiary/aromatic N) is 1. The van der Waals surface area contributed by atoms with Crippen LogP contribution in [0.15, 0.2) is 53.7 Å². The maximum atomic E-state index is 12.3. The Morgan fingerprint density at radius 2 is 1.84 bits per heavy atom. The van der Waals surface area contributed by atoms with E-state index >= 15 is 0 Å². The zero-order valence-corrected chi connectivity index (χ0v) is 10.8. The van der Waals surface area contributed by atoms with Gasteiger partial charge in [-0.3, -0.25) is 9.59 Å². The minimum Gasteiger partial charge on any atom is -0.481 e. The molecule has 1 N–H and O–H groups in total. The van der Waals surface area contributed by atoms with Gasteiger partial charge in [0.25, 0.3) is 0 Å². The number of carboxylic acids is 1. The molecule has 1 aromatic carbocycles. The van der Waals surface area contributed by atoms with E-state index in [1.165, 1.54) is 0 Å². The van der Waals surface area contributed by atoms with E-state index in [2.05, 4.69) is 4.98 Å². The maximum absolute atomic E-state index is 12.3. The van der Waals surface area contributed by atoms with Crippen molar-refractivity contribution in [2.45, 2.75) is 5.03 Å². The molecule has 0 saturated heterocycles. The van der Waals surface area contributed by atoms with Gasteiger partial charge in [-0.15, -0.1) is 0 Å². The largest absolute Gasteiger partial charge is 0.481 e. The highest BCUT2D eigenvalue weighted by Gasteiger charge is 2.15. The van der Waals surface area contributed by atoms with E-state index in [1.54, 1.807) is 42.6 Å². The molecule has 4 nitrogen and oxygen atoms in total. The first kappa shape index (κ1) is 13.3. The quantitative estimate of drug-likeness (QED) is 0.669. The van der Waals surface area contributed by atoms with Crippen molar-refractivity contribution in [2.24, 2.45) is 0 Å². The zero-order valence-electron chi connectivity index (χ0n) is 9.95. The molecular weight excluding hydrogens is 262 g/mol. The fraction of sp³-hybridized carbons (Fsp3) is 0.0714. The average Bonchev–Trinajstić information content (AvgIpc) is 2.45. The van der Waals surface area contributed by atoms with Crippen LogP contribution < -0.4 is 0 Å². The number of hydrogen-bond donors (Lipinski definition) is 1. The van der Waals surface area contributed by atoms with Gasteiger partial charge in [0.15, 0.2) is 5.78 Å². The molecule has 0 aliphatic carbocycles. The van der Waals surface area contributed by atoms with Crippen molar-refractivity contribution < 1.29 is 14.7 Å². The van der Waals surface area contributed by atoms with Crippen LogP contribution >= 0.6 is 11.8 Å². The highest BCUT2D eigenvalue weighted by atomic mass is 32.2. The van der Waals surface area contributed by atoms with E-state index in [0.29, 0.717) is 16.2 Å². The molecule has 1 heterocycles. The second-order valence-corrected chi connectivity index (χ2v) is 4.70. The molecule has 0 bridgehead atoms. The number of rotatable bonds is 5. The second-order valence-electron chi connectivity index (χ2n) is 3.73. The Hall–Kier alpha value is -2.14. The number of carbonyl (C=O) groups is 2. The summed E-state index contributed by atoms with van der Waals surface area (Å²) in [5, 5.41) is 9.13. The molecule has 2 aromatic rings. The molecule has 0 saturated carbocycles. The summed E-state index contributed by atoms with van der Waals surface area (Å²) in [5.41, 5.74) is 0.993. The summed E-state index contributed by atoms with van der Waals surface area (Å²) in [4.78, 5) is 27.0. The zero-order chi connectivity index (χ0) is 13.7. The Morgan fingerprint density at radius 1 is 1.11 bits per heavy atom. The monoisotopic (exact) mass is 273 g/mol. The molecular formula is C14H11NO3S. The summed E-state index contributed by atoms with van der Waals surface area (Å²) in [6.45, 7) is 0. The molecule has 0 spiro atoms. The van der Waals surface area contributed by atoms with Crippen LogP contribution in [0.2, 0.25) is 0 Å². The maximum Gasteiger partial charge on any atom is 0.313 e. The van der Waals surface area contributed by atoms with Crippen LogP contribution in [-0.4, -0.2) is 27.6 Å². The first-order chi connectivity index (χ1) is 9.18. The highest BCUT2D eigenvalue weighted by molar-refractivity contribution is 7.99. The molecule has 0 amide bonds. The molecule has 19 heavy (non-hydrogen) atoms. The number of carboxylic acid groups (broad SMARTS) is 1. The minimum atomic E-state index is -0.936. The van der Waals surface area contributed by atoms with Crippen molar-refractivity contribution in [1.82, 2.24) is 4.98 Å². The van der Waals surface area contributed by atoms with Crippen LogP contribution in [0.3, 0.4) is 0 Å². The third-order valence-corrected chi connectivity index (χ3v) is 3.37. The van der Waals surface area contributed by atoms with E-state index in [0.717, 1.165) is 11.8 Å². The van der Waals surface area contributed by atoms with Gasteiger partial charge in [-0.2, -0.15) is 0 Å². The lowest BCUT2D eigenvalue weighted by molar-refractivity contribution is -0.133. The SMILES string of the molecule is O=C(O)CSc1ncccc1C(=O)c1ccccc1. The molecule has 0 fully saturated rings. The lowest BCUT2D eigenvalue weighted by atomic mass is 10.1. The summed E-state index contributed by atoms with van der Waals surface area (Å²) in [7, 11) is 0. The van der Waals surface area contributed by atoms with Crippen LogP contribution in [0.1, 0.15) is 15.9 Å². The smallest absolute Gasteiger partial charge is 0.313 e. The predicted octanol–water partition coefficient (Wildman–Crippen LogP) is 2.49. The Kier molecular flexibility index (Phi) is 4.30. The number of benzene rings is 1. The lowest BCUT2D eigenvalue weighted by Crippen LogP contribution is -2.06. The third-order valence-electron chi connectivity index (χ3n) is 2.38.